The Morgan fingerprint density at radius 2 is 1.59 bits per heavy atom. The monoisotopic (exact) mass is 513 g/mol. The maximum absolute atomic E-state index is 12.7. The first-order valence-corrected chi connectivity index (χ1v) is 13.1. The number of carbonyl (C=O) groups excluding carboxylic acids is 2. The molecule has 0 bridgehead atoms. The minimum Gasteiger partial charge on any atom is -0.411 e. The minimum absolute atomic E-state index is 0.0723. The zero-order chi connectivity index (χ0) is 25.6. The second-order valence-electron chi connectivity index (χ2n) is 8.77. The summed E-state index contributed by atoms with van der Waals surface area (Å²) in [6, 6.07) is 25.0. The van der Waals surface area contributed by atoms with Gasteiger partial charge in [0.15, 0.2) is 0 Å². The Bertz CT molecular complexity index is 1350. The molecule has 0 saturated carbocycles. The van der Waals surface area contributed by atoms with E-state index in [9.17, 15) is 9.59 Å². The van der Waals surface area contributed by atoms with Gasteiger partial charge in [0.05, 0.1) is 5.75 Å². The lowest BCUT2D eigenvalue weighted by Crippen LogP contribution is -2.48. The van der Waals surface area contributed by atoms with Gasteiger partial charge >= 0.3 is 0 Å². The van der Waals surface area contributed by atoms with Crippen LogP contribution < -0.4 is 10.2 Å². The van der Waals surface area contributed by atoms with Crippen molar-refractivity contribution in [2.24, 2.45) is 0 Å². The number of amides is 2. The van der Waals surface area contributed by atoms with Crippen LogP contribution in [-0.4, -0.2) is 58.8 Å². The standard InChI is InChI=1S/C28H27N5O3S/c1-20-7-9-21(10-8-20)26-30-31-28(36-26)37-19-25(34)29-23-11-13-24(14-12-23)32-15-17-33(18-16-32)27(35)22-5-3-2-4-6-22/h2-14H,15-19H2,1H3,(H,29,34). The number of rotatable bonds is 7. The van der Waals surface area contributed by atoms with Gasteiger partial charge in [-0.05, 0) is 55.5 Å². The Morgan fingerprint density at radius 1 is 0.892 bits per heavy atom. The first kappa shape index (κ1) is 24.6. The maximum atomic E-state index is 12.7. The third-order valence-corrected chi connectivity index (χ3v) is 6.95. The molecule has 1 aliphatic heterocycles. The number of hydrogen-bond acceptors (Lipinski definition) is 7. The largest absolute Gasteiger partial charge is 0.411 e. The average molecular weight is 514 g/mol. The number of nitrogens with one attached hydrogen (secondary N) is 1. The predicted molar refractivity (Wildman–Crippen MR) is 145 cm³/mol. The number of thioether (sulfide) groups is 1. The number of nitrogens with zero attached hydrogens (tertiary/aromatic N) is 4. The van der Waals surface area contributed by atoms with Crippen LogP contribution in [-0.2, 0) is 4.79 Å². The molecule has 4 aromatic rings. The molecule has 1 aromatic heterocycles. The van der Waals surface area contributed by atoms with E-state index in [1.807, 2.05) is 90.7 Å². The number of anilines is 2. The summed E-state index contributed by atoms with van der Waals surface area (Å²) in [7, 11) is 0. The summed E-state index contributed by atoms with van der Waals surface area (Å²) >= 11 is 1.20. The molecule has 2 amide bonds. The molecule has 9 heteroatoms. The number of hydrogen-bond donors (Lipinski definition) is 1. The van der Waals surface area contributed by atoms with Crippen LogP contribution in [0.25, 0.3) is 11.5 Å². The van der Waals surface area contributed by atoms with Gasteiger partial charge in [0, 0.05) is 48.7 Å². The second-order valence-corrected chi connectivity index (χ2v) is 9.69. The van der Waals surface area contributed by atoms with E-state index in [2.05, 4.69) is 20.4 Å². The van der Waals surface area contributed by atoms with Crippen molar-refractivity contribution >= 4 is 35.0 Å². The van der Waals surface area contributed by atoms with Gasteiger partial charge in [-0.3, -0.25) is 9.59 Å². The smallest absolute Gasteiger partial charge is 0.277 e. The average Bonchev–Trinajstić information content (AvgIpc) is 3.42. The van der Waals surface area contributed by atoms with Gasteiger partial charge in [-0.25, -0.2) is 0 Å². The van der Waals surface area contributed by atoms with Crippen LogP contribution >= 0.6 is 11.8 Å². The van der Waals surface area contributed by atoms with E-state index in [4.69, 9.17) is 4.42 Å². The fourth-order valence-electron chi connectivity index (χ4n) is 4.09. The van der Waals surface area contributed by atoms with Gasteiger partial charge in [-0.2, -0.15) is 0 Å². The second kappa shape index (κ2) is 11.3. The summed E-state index contributed by atoms with van der Waals surface area (Å²) < 4.78 is 5.67. The van der Waals surface area contributed by atoms with Crippen LogP contribution in [0.4, 0.5) is 11.4 Å². The van der Waals surface area contributed by atoms with Crippen molar-refractivity contribution in [1.29, 1.82) is 0 Å². The Morgan fingerprint density at radius 3 is 2.30 bits per heavy atom. The third kappa shape index (κ3) is 6.18. The zero-order valence-corrected chi connectivity index (χ0v) is 21.3. The lowest BCUT2D eigenvalue weighted by molar-refractivity contribution is -0.113. The fourth-order valence-corrected chi connectivity index (χ4v) is 4.66. The van der Waals surface area contributed by atoms with Crippen molar-refractivity contribution < 1.29 is 14.0 Å². The highest BCUT2D eigenvalue weighted by Gasteiger charge is 2.22. The van der Waals surface area contributed by atoms with Crippen LogP contribution in [0, 0.1) is 6.92 Å². The normalized spacial score (nSPS) is 13.4. The van der Waals surface area contributed by atoms with Gasteiger partial charge < -0.3 is 19.5 Å². The van der Waals surface area contributed by atoms with Crippen molar-refractivity contribution in [3.05, 3.63) is 90.0 Å². The molecule has 1 aliphatic rings. The number of aromatic nitrogens is 2. The highest BCUT2D eigenvalue weighted by molar-refractivity contribution is 7.99. The molecule has 188 valence electrons. The lowest BCUT2D eigenvalue weighted by atomic mass is 10.1. The molecule has 2 heterocycles. The summed E-state index contributed by atoms with van der Waals surface area (Å²) in [5, 5.41) is 11.4. The lowest BCUT2D eigenvalue weighted by Gasteiger charge is -2.36. The molecule has 1 fully saturated rings. The number of benzene rings is 3. The highest BCUT2D eigenvalue weighted by Crippen LogP contribution is 2.24. The van der Waals surface area contributed by atoms with Crippen molar-refractivity contribution in [3.8, 4) is 11.5 Å². The number of carbonyl (C=O) groups is 2. The summed E-state index contributed by atoms with van der Waals surface area (Å²) in [6.07, 6.45) is 0. The maximum Gasteiger partial charge on any atom is 0.277 e. The molecule has 0 aliphatic carbocycles. The molecule has 5 rings (SSSR count). The Labute approximate surface area is 219 Å². The first-order chi connectivity index (χ1) is 18.0. The van der Waals surface area contributed by atoms with E-state index < -0.39 is 0 Å². The number of aryl methyl sites for hydroxylation is 1. The Balaban J connectivity index is 1.08. The first-order valence-electron chi connectivity index (χ1n) is 12.1. The van der Waals surface area contributed by atoms with Gasteiger partial charge in [0.1, 0.15) is 0 Å². The molecule has 0 unspecified atom stereocenters. The van der Waals surface area contributed by atoms with E-state index in [0.29, 0.717) is 24.2 Å². The summed E-state index contributed by atoms with van der Waals surface area (Å²) in [5.41, 5.74) is 4.51. The van der Waals surface area contributed by atoms with E-state index >= 15 is 0 Å². The zero-order valence-electron chi connectivity index (χ0n) is 20.5. The van der Waals surface area contributed by atoms with E-state index in [-0.39, 0.29) is 17.6 Å². The highest BCUT2D eigenvalue weighted by atomic mass is 32.2. The molecular formula is C28H27N5O3S. The molecule has 0 radical (unpaired) electrons. The van der Waals surface area contributed by atoms with Gasteiger partial charge in [0.25, 0.3) is 11.1 Å². The molecule has 0 spiro atoms. The molecular weight excluding hydrogens is 486 g/mol. The minimum atomic E-state index is -0.152. The van der Waals surface area contributed by atoms with Crippen LogP contribution in [0.2, 0.25) is 0 Å². The molecule has 1 saturated heterocycles. The summed E-state index contributed by atoms with van der Waals surface area (Å²) in [5.74, 6) is 0.516. The Hall–Kier alpha value is -4.11. The summed E-state index contributed by atoms with van der Waals surface area (Å²) in [6.45, 7) is 4.88. The third-order valence-electron chi connectivity index (χ3n) is 6.14. The predicted octanol–water partition coefficient (Wildman–Crippen LogP) is 4.74. The Kier molecular flexibility index (Phi) is 7.51. The molecule has 37 heavy (non-hydrogen) atoms. The van der Waals surface area contributed by atoms with Crippen molar-refractivity contribution in [1.82, 2.24) is 15.1 Å². The van der Waals surface area contributed by atoms with E-state index in [1.165, 1.54) is 11.8 Å². The van der Waals surface area contributed by atoms with Crippen LogP contribution in [0.3, 0.4) is 0 Å². The molecule has 8 nitrogen and oxygen atoms in total. The fraction of sp³-hybridized carbons (Fsp3) is 0.214. The van der Waals surface area contributed by atoms with Crippen molar-refractivity contribution in [3.63, 3.8) is 0 Å². The van der Waals surface area contributed by atoms with Gasteiger partial charge in [-0.1, -0.05) is 47.7 Å². The van der Waals surface area contributed by atoms with E-state index in [0.717, 1.165) is 41.2 Å². The van der Waals surface area contributed by atoms with Gasteiger partial charge in [-0.15, -0.1) is 10.2 Å². The van der Waals surface area contributed by atoms with Crippen molar-refractivity contribution in [2.45, 2.75) is 12.1 Å². The molecule has 1 N–H and O–H groups in total. The topological polar surface area (TPSA) is 91.6 Å². The van der Waals surface area contributed by atoms with Crippen LogP contribution in [0.5, 0.6) is 0 Å². The molecule has 3 aromatic carbocycles. The number of piperazine rings is 1. The van der Waals surface area contributed by atoms with Crippen LogP contribution in [0.1, 0.15) is 15.9 Å². The summed E-state index contributed by atoms with van der Waals surface area (Å²) in [4.78, 5) is 29.2. The van der Waals surface area contributed by atoms with Crippen LogP contribution in [0.15, 0.2) is 88.5 Å². The van der Waals surface area contributed by atoms with Gasteiger partial charge in [0.2, 0.25) is 11.8 Å². The molecule has 0 atom stereocenters. The van der Waals surface area contributed by atoms with Crippen molar-refractivity contribution in [2.75, 3.05) is 42.1 Å². The SMILES string of the molecule is Cc1ccc(-c2nnc(SCC(=O)Nc3ccc(N4CCN(C(=O)c5ccccc5)CC4)cc3)o2)cc1. The quantitative estimate of drug-likeness (QED) is 0.357. The van der Waals surface area contributed by atoms with E-state index in [1.54, 1.807) is 0 Å².